The van der Waals surface area contributed by atoms with E-state index < -0.39 is 24.2 Å². The van der Waals surface area contributed by atoms with E-state index in [2.05, 4.69) is 15.4 Å². The minimum Gasteiger partial charge on any atom is -0.406 e. The SMILES string of the molecule is CC(C)[C@H](N)C(=O)NCC(=O)NCCc1ccccc1OC(F)(F)F.Cl. The molecule has 0 aliphatic rings. The maximum atomic E-state index is 12.3. The van der Waals surface area contributed by atoms with Gasteiger partial charge in [0, 0.05) is 6.54 Å². The molecule has 0 spiro atoms. The highest BCUT2D eigenvalue weighted by Crippen LogP contribution is 2.26. The van der Waals surface area contributed by atoms with Gasteiger partial charge in [0.1, 0.15) is 5.75 Å². The first-order chi connectivity index (χ1) is 11.6. The molecule has 0 heterocycles. The first kappa shape index (κ1) is 24.0. The Hall–Kier alpha value is -2.00. The molecule has 1 atom stereocenters. The Bertz CT molecular complexity index is 598. The largest absolute Gasteiger partial charge is 0.573 e. The summed E-state index contributed by atoms with van der Waals surface area (Å²) in [5, 5.41) is 4.92. The number of hydrogen-bond acceptors (Lipinski definition) is 4. The Morgan fingerprint density at radius 2 is 1.81 bits per heavy atom. The van der Waals surface area contributed by atoms with Gasteiger partial charge in [-0.05, 0) is 24.0 Å². The molecule has 0 saturated heterocycles. The number of alkyl halides is 3. The summed E-state index contributed by atoms with van der Waals surface area (Å²) in [6, 6.07) is 4.98. The highest BCUT2D eigenvalue weighted by Gasteiger charge is 2.31. The van der Waals surface area contributed by atoms with Crippen molar-refractivity contribution in [2.24, 2.45) is 11.7 Å². The molecule has 2 amide bonds. The van der Waals surface area contributed by atoms with E-state index in [1.165, 1.54) is 18.2 Å². The minimum atomic E-state index is -4.78. The van der Waals surface area contributed by atoms with E-state index in [-0.39, 0.29) is 43.6 Å². The third-order valence-corrected chi connectivity index (χ3v) is 3.36. The second kappa shape index (κ2) is 10.9. The smallest absolute Gasteiger partial charge is 0.406 e. The number of ether oxygens (including phenoxy) is 1. The monoisotopic (exact) mass is 397 g/mol. The highest BCUT2D eigenvalue weighted by molar-refractivity contribution is 5.87. The molecule has 0 aromatic heterocycles. The lowest BCUT2D eigenvalue weighted by molar-refractivity contribution is -0.274. The van der Waals surface area contributed by atoms with Crippen molar-refractivity contribution >= 4 is 24.2 Å². The van der Waals surface area contributed by atoms with Crippen LogP contribution in [0.1, 0.15) is 19.4 Å². The van der Waals surface area contributed by atoms with Crippen molar-refractivity contribution in [3.8, 4) is 5.75 Å². The number of nitrogens with two attached hydrogens (primary N) is 1. The summed E-state index contributed by atoms with van der Waals surface area (Å²) in [5.74, 6) is -1.26. The van der Waals surface area contributed by atoms with Crippen LogP contribution in [-0.2, 0) is 16.0 Å². The Kier molecular flexibility index (Phi) is 10.0. The van der Waals surface area contributed by atoms with Crippen LogP contribution in [0.15, 0.2) is 24.3 Å². The van der Waals surface area contributed by atoms with Crippen molar-refractivity contribution in [1.29, 1.82) is 0 Å². The maximum absolute atomic E-state index is 12.3. The zero-order chi connectivity index (χ0) is 19.0. The molecular formula is C16H23ClF3N3O3. The molecule has 0 unspecified atom stereocenters. The molecule has 4 N–H and O–H groups in total. The van der Waals surface area contributed by atoms with Crippen LogP contribution >= 0.6 is 12.4 Å². The molecule has 148 valence electrons. The Morgan fingerprint density at radius 3 is 2.38 bits per heavy atom. The van der Waals surface area contributed by atoms with Crippen molar-refractivity contribution < 1.29 is 27.5 Å². The van der Waals surface area contributed by atoms with Gasteiger partial charge in [0.05, 0.1) is 12.6 Å². The standard InChI is InChI=1S/C16H22F3N3O3.ClH/c1-10(2)14(20)15(24)22-9-13(23)21-8-7-11-5-3-4-6-12(11)25-16(17,18)19;/h3-6,10,14H,7-9,20H2,1-2H3,(H,21,23)(H,22,24);1H/t14-;/m0./s1. The number of rotatable bonds is 8. The van der Waals surface area contributed by atoms with Gasteiger partial charge < -0.3 is 21.1 Å². The molecule has 0 aliphatic heterocycles. The molecular weight excluding hydrogens is 375 g/mol. The highest BCUT2D eigenvalue weighted by atomic mass is 35.5. The van der Waals surface area contributed by atoms with Gasteiger partial charge in [0.2, 0.25) is 11.8 Å². The van der Waals surface area contributed by atoms with Gasteiger partial charge in [0.25, 0.3) is 0 Å². The number of para-hydroxylation sites is 1. The predicted molar refractivity (Wildman–Crippen MR) is 92.9 cm³/mol. The summed E-state index contributed by atoms with van der Waals surface area (Å²) in [4.78, 5) is 23.3. The van der Waals surface area contributed by atoms with E-state index in [9.17, 15) is 22.8 Å². The van der Waals surface area contributed by atoms with Crippen LogP contribution in [0.3, 0.4) is 0 Å². The average Bonchev–Trinajstić information content (AvgIpc) is 2.52. The van der Waals surface area contributed by atoms with Crippen LogP contribution in [0.4, 0.5) is 13.2 Å². The van der Waals surface area contributed by atoms with Crippen LogP contribution in [-0.4, -0.2) is 37.3 Å². The number of halogens is 4. The molecule has 26 heavy (non-hydrogen) atoms. The van der Waals surface area contributed by atoms with Crippen LogP contribution < -0.4 is 21.1 Å². The predicted octanol–water partition coefficient (Wildman–Crippen LogP) is 1.77. The third kappa shape index (κ3) is 8.91. The third-order valence-electron chi connectivity index (χ3n) is 3.36. The number of benzene rings is 1. The lowest BCUT2D eigenvalue weighted by atomic mass is 10.1. The van der Waals surface area contributed by atoms with Gasteiger partial charge in [-0.1, -0.05) is 32.0 Å². The molecule has 1 aromatic rings. The molecule has 0 fully saturated rings. The van der Waals surface area contributed by atoms with Crippen LogP contribution in [0.25, 0.3) is 0 Å². The lowest BCUT2D eigenvalue weighted by Gasteiger charge is -2.15. The summed E-state index contributed by atoms with van der Waals surface area (Å²) >= 11 is 0. The molecule has 0 saturated carbocycles. The van der Waals surface area contributed by atoms with E-state index in [1.54, 1.807) is 19.9 Å². The van der Waals surface area contributed by atoms with E-state index >= 15 is 0 Å². The second-order valence-corrected chi connectivity index (χ2v) is 5.74. The van der Waals surface area contributed by atoms with Crippen molar-refractivity contribution in [3.05, 3.63) is 29.8 Å². The number of amides is 2. The molecule has 1 aromatic carbocycles. The number of hydrogen-bond donors (Lipinski definition) is 3. The first-order valence-corrected chi connectivity index (χ1v) is 7.74. The number of carbonyl (C=O) groups is 2. The van der Waals surface area contributed by atoms with Gasteiger partial charge in [-0.25, -0.2) is 0 Å². The Labute approximate surface area is 156 Å². The van der Waals surface area contributed by atoms with Crippen LogP contribution in [0.5, 0.6) is 5.75 Å². The zero-order valence-corrected chi connectivity index (χ0v) is 15.2. The van der Waals surface area contributed by atoms with Crippen LogP contribution in [0.2, 0.25) is 0 Å². The van der Waals surface area contributed by atoms with E-state index in [0.717, 1.165) is 0 Å². The summed E-state index contributed by atoms with van der Waals surface area (Å²) < 4.78 is 40.9. The Morgan fingerprint density at radius 1 is 1.19 bits per heavy atom. The summed E-state index contributed by atoms with van der Waals surface area (Å²) in [6.45, 7) is 3.42. The molecule has 0 aliphatic carbocycles. The quantitative estimate of drug-likeness (QED) is 0.623. The molecule has 0 bridgehead atoms. The number of carbonyl (C=O) groups excluding carboxylic acids is 2. The topological polar surface area (TPSA) is 93.5 Å². The van der Waals surface area contributed by atoms with Gasteiger partial charge in [-0.3, -0.25) is 9.59 Å². The first-order valence-electron chi connectivity index (χ1n) is 7.74. The van der Waals surface area contributed by atoms with Crippen LogP contribution in [0, 0.1) is 5.92 Å². The van der Waals surface area contributed by atoms with E-state index in [0.29, 0.717) is 5.56 Å². The van der Waals surface area contributed by atoms with Gasteiger partial charge in [0.15, 0.2) is 0 Å². The van der Waals surface area contributed by atoms with Gasteiger partial charge >= 0.3 is 6.36 Å². The van der Waals surface area contributed by atoms with E-state index in [1.807, 2.05) is 0 Å². The average molecular weight is 398 g/mol. The van der Waals surface area contributed by atoms with Crippen molar-refractivity contribution in [3.63, 3.8) is 0 Å². The Balaban J connectivity index is 0.00000625. The van der Waals surface area contributed by atoms with Crippen molar-refractivity contribution in [2.45, 2.75) is 32.7 Å². The summed E-state index contributed by atoms with van der Waals surface area (Å²) in [7, 11) is 0. The molecule has 10 heteroatoms. The second-order valence-electron chi connectivity index (χ2n) is 5.74. The molecule has 6 nitrogen and oxygen atoms in total. The van der Waals surface area contributed by atoms with Gasteiger partial charge in [-0.2, -0.15) is 0 Å². The molecule has 1 rings (SSSR count). The van der Waals surface area contributed by atoms with E-state index in [4.69, 9.17) is 5.73 Å². The lowest BCUT2D eigenvalue weighted by Crippen LogP contribution is -2.47. The molecule has 0 radical (unpaired) electrons. The zero-order valence-electron chi connectivity index (χ0n) is 14.4. The maximum Gasteiger partial charge on any atom is 0.573 e. The van der Waals surface area contributed by atoms with Crippen molar-refractivity contribution in [2.75, 3.05) is 13.1 Å². The fourth-order valence-electron chi connectivity index (χ4n) is 1.92. The fraction of sp³-hybridized carbons (Fsp3) is 0.500. The van der Waals surface area contributed by atoms with Gasteiger partial charge in [-0.15, -0.1) is 25.6 Å². The number of nitrogens with one attached hydrogen (secondary N) is 2. The summed E-state index contributed by atoms with van der Waals surface area (Å²) in [6.07, 6.45) is -4.63. The minimum absolute atomic E-state index is 0. The summed E-state index contributed by atoms with van der Waals surface area (Å²) in [5.41, 5.74) is 5.95. The normalized spacial score (nSPS) is 12.1. The fourth-order valence-corrected chi connectivity index (χ4v) is 1.92. The van der Waals surface area contributed by atoms with Crippen molar-refractivity contribution in [1.82, 2.24) is 10.6 Å².